The maximum Gasteiger partial charge on any atom is 0.137 e. The predicted molar refractivity (Wildman–Crippen MR) is 79.3 cm³/mol. The molecule has 0 fully saturated rings. The minimum atomic E-state index is -0.432. The van der Waals surface area contributed by atoms with E-state index in [1.807, 2.05) is 12.1 Å². The summed E-state index contributed by atoms with van der Waals surface area (Å²) in [5.41, 5.74) is 7.72. The van der Waals surface area contributed by atoms with Crippen LogP contribution >= 0.6 is 11.6 Å². The van der Waals surface area contributed by atoms with Gasteiger partial charge in [0.1, 0.15) is 11.6 Å². The molecule has 0 unspecified atom stereocenters. The van der Waals surface area contributed by atoms with Gasteiger partial charge in [-0.25, -0.2) is 4.39 Å². The lowest BCUT2D eigenvalue weighted by atomic mass is 10.0. The summed E-state index contributed by atoms with van der Waals surface area (Å²) in [6, 6.07) is 11.8. The number of carbonyl (C=O) groups is 1. The molecule has 2 nitrogen and oxygen atoms in total. The number of aryl methyl sites for hydroxylation is 1. The molecule has 0 aliphatic rings. The second-order valence-corrected chi connectivity index (χ2v) is 5.13. The zero-order chi connectivity index (χ0) is 14.5. The van der Waals surface area contributed by atoms with E-state index in [1.165, 1.54) is 6.07 Å². The van der Waals surface area contributed by atoms with Crippen LogP contribution < -0.4 is 5.73 Å². The van der Waals surface area contributed by atoms with E-state index in [2.05, 4.69) is 0 Å². The van der Waals surface area contributed by atoms with Crippen molar-refractivity contribution in [1.82, 2.24) is 0 Å². The Morgan fingerprint density at radius 3 is 2.50 bits per heavy atom. The first-order chi connectivity index (χ1) is 9.54. The van der Waals surface area contributed by atoms with Crippen LogP contribution in [0, 0.1) is 5.82 Å². The van der Waals surface area contributed by atoms with Gasteiger partial charge in [-0.3, -0.25) is 4.79 Å². The van der Waals surface area contributed by atoms with Crippen LogP contribution in [0.25, 0.3) is 0 Å². The number of nitrogens with two attached hydrogens (primary N) is 1. The van der Waals surface area contributed by atoms with Gasteiger partial charge in [-0.05, 0) is 41.8 Å². The quantitative estimate of drug-likeness (QED) is 0.851. The molecule has 0 atom stereocenters. The summed E-state index contributed by atoms with van der Waals surface area (Å²) in [6.45, 7) is 0. The number of hydrogen-bond donors (Lipinski definition) is 1. The van der Waals surface area contributed by atoms with Gasteiger partial charge in [0.05, 0.1) is 0 Å². The number of ketones is 1. The first-order valence-corrected chi connectivity index (χ1v) is 6.72. The van der Waals surface area contributed by atoms with Crippen LogP contribution in [0.3, 0.4) is 0 Å². The highest BCUT2D eigenvalue weighted by atomic mass is 35.5. The molecule has 0 amide bonds. The summed E-state index contributed by atoms with van der Waals surface area (Å²) in [5.74, 6) is -0.429. The van der Waals surface area contributed by atoms with Gasteiger partial charge in [-0.15, -0.1) is 0 Å². The number of halogens is 2. The Hall–Kier alpha value is -1.87. The van der Waals surface area contributed by atoms with Gasteiger partial charge in [-0.2, -0.15) is 0 Å². The summed E-state index contributed by atoms with van der Waals surface area (Å²) < 4.78 is 13.6. The predicted octanol–water partition coefficient (Wildman–Crippen LogP) is 3.81. The molecule has 0 saturated carbocycles. The molecule has 2 rings (SSSR count). The van der Waals surface area contributed by atoms with Gasteiger partial charge in [-0.1, -0.05) is 29.8 Å². The zero-order valence-electron chi connectivity index (χ0n) is 10.9. The standard InChI is InChI=1S/C16H15ClFNO/c17-13-5-4-12(16(18)10-13)9-15(20)8-3-11-1-6-14(19)7-2-11/h1-2,4-7,10H,3,8-9,19H2. The van der Waals surface area contributed by atoms with Crippen LogP contribution in [0.5, 0.6) is 0 Å². The summed E-state index contributed by atoms with van der Waals surface area (Å²) in [4.78, 5) is 11.9. The second-order valence-electron chi connectivity index (χ2n) is 4.69. The number of hydrogen-bond acceptors (Lipinski definition) is 2. The molecular formula is C16H15ClFNO. The largest absolute Gasteiger partial charge is 0.399 e. The molecule has 0 bridgehead atoms. The average molecular weight is 292 g/mol. The fraction of sp³-hybridized carbons (Fsp3) is 0.188. The lowest BCUT2D eigenvalue weighted by Crippen LogP contribution is -2.06. The van der Waals surface area contributed by atoms with Crippen molar-refractivity contribution in [1.29, 1.82) is 0 Å². The van der Waals surface area contributed by atoms with E-state index in [9.17, 15) is 9.18 Å². The van der Waals surface area contributed by atoms with Crippen molar-refractivity contribution in [2.75, 3.05) is 5.73 Å². The SMILES string of the molecule is Nc1ccc(CCC(=O)Cc2ccc(Cl)cc2F)cc1. The Kier molecular flexibility index (Phi) is 4.74. The Bertz CT molecular complexity index is 610. The highest BCUT2D eigenvalue weighted by Crippen LogP contribution is 2.16. The van der Waals surface area contributed by atoms with Crippen LogP contribution in [0.1, 0.15) is 17.5 Å². The van der Waals surface area contributed by atoms with E-state index in [0.717, 1.165) is 5.56 Å². The van der Waals surface area contributed by atoms with Crippen LogP contribution in [-0.2, 0) is 17.6 Å². The van der Waals surface area contributed by atoms with Crippen molar-refractivity contribution in [3.63, 3.8) is 0 Å². The third-order valence-corrected chi connectivity index (χ3v) is 3.31. The highest BCUT2D eigenvalue weighted by Gasteiger charge is 2.09. The smallest absolute Gasteiger partial charge is 0.137 e. The fourth-order valence-corrected chi connectivity index (χ4v) is 2.09. The molecule has 4 heteroatoms. The topological polar surface area (TPSA) is 43.1 Å². The number of Topliss-reactive ketones (excluding diaryl/α,β-unsaturated/α-hetero) is 1. The van der Waals surface area contributed by atoms with Gasteiger partial charge >= 0.3 is 0 Å². The summed E-state index contributed by atoms with van der Waals surface area (Å²) in [7, 11) is 0. The van der Waals surface area contributed by atoms with Crippen molar-refractivity contribution in [2.24, 2.45) is 0 Å². The molecule has 104 valence electrons. The molecule has 0 aliphatic heterocycles. The van der Waals surface area contributed by atoms with E-state index in [4.69, 9.17) is 17.3 Å². The Labute approximate surface area is 122 Å². The van der Waals surface area contributed by atoms with Gasteiger partial charge in [0.15, 0.2) is 0 Å². The Morgan fingerprint density at radius 1 is 1.15 bits per heavy atom. The normalized spacial score (nSPS) is 10.5. The minimum absolute atomic E-state index is 0.00282. The molecule has 2 aromatic rings. The molecule has 2 aromatic carbocycles. The number of rotatable bonds is 5. The molecule has 2 N–H and O–H groups in total. The van der Waals surface area contributed by atoms with Gasteiger partial charge in [0.25, 0.3) is 0 Å². The van der Waals surface area contributed by atoms with Gasteiger partial charge in [0.2, 0.25) is 0 Å². The van der Waals surface area contributed by atoms with Crippen molar-refractivity contribution >= 4 is 23.1 Å². The van der Waals surface area contributed by atoms with Crippen molar-refractivity contribution < 1.29 is 9.18 Å². The van der Waals surface area contributed by atoms with Crippen molar-refractivity contribution in [3.05, 3.63) is 64.4 Å². The number of nitrogen functional groups attached to an aromatic ring is 1. The van der Waals surface area contributed by atoms with Gasteiger partial charge < -0.3 is 5.73 Å². The maximum atomic E-state index is 13.6. The molecule has 0 radical (unpaired) electrons. The summed E-state index contributed by atoms with van der Waals surface area (Å²) in [5, 5.41) is 0.334. The first kappa shape index (κ1) is 14.5. The third-order valence-electron chi connectivity index (χ3n) is 3.07. The third kappa shape index (κ3) is 4.07. The maximum absolute atomic E-state index is 13.6. The van der Waals surface area contributed by atoms with E-state index >= 15 is 0 Å². The van der Waals surface area contributed by atoms with E-state index in [0.29, 0.717) is 29.1 Å². The lowest BCUT2D eigenvalue weighted by Gasteiger charge is -2.04. The monoisotopic (exact) mass is 291 g/mol. The number of anilines is 1. The van der Waals surface area contributed by atoms with Crippen molar-refractivity contribution in [2.45, 2.75) is 19.3 Å². The van der Waals surface area contributed by atoms with Crippen LogP contribution in [-0.4, -0.2) is 5.78 Å². The molecular weight excluding hydrogens is 277 g/mol. The highest BCUT2D eigenvalue weighted by molar-refractivity contribution is 6.30. The van der Waals surface area contributed by atoms with Crippen LogP contribution in [0.15, 0.2) is 42.5 Å². The van der Waals surface area contributed by atoms with Crippen LogP contribution in [0.2, 0.25) is 5.02 Å². The van der Waals surface area contributed by atoms with E-state index in [-0.39, 0.29) is 12.2 Å². The summed E-state index contributed by atoms with van der Waals surface area (Å²) in [6.07, 6.45) is 1.11. The molecule has 0 spiro atoms. The zero-order valence-corrected chi connectivity index (χ0v) is 11.7. The van der Waals surface area contributed by atoms with E-state index in [1.54, 1.807) is 24.3 Å². The number of benzene rings is 2. The average Bonchev–Trinajstić information content (AvgIpc) is 2.41. The first-order valence-electron chi connectivity index (χ1n) is 6.34. The molecule has 0 saturated heterocycles. The summed E-state index contributed by atoms with van der Waals surface area (Å²) >= 11 is 5.67. The molecule has 20 heavy (non-hydrogen) atoms. The number of carbonyl (C=O) groups excluding carboxylic acids is 1. The Balaban J connectivity index is 1.90. The van der Waals surface area contributed by atoms with E-state index < -0.39 is 5.82 Å². The second kappa shape index (κ2) is 6.53. The molecule has 0 heterocycles. The molecule has 0 aliphatic carbocycles. The van der Waals surface area contributed by atoms with Gasteiger partial charge in [0, 0.05) is 23.6 Å². The minimum Gasteiger partial charge on any atom is -0.399 e. The fourth-order valence-electron chi connectivity index (χ4n) is 1.93. The van der Waals surface area contributed by atoms with Crippen LogP contribution in [0.4, 0.5) is 10.1 Å². The van der Waals surface area contributed by atoms with Crippen molar-refractivity contribution in [3.8, 4) is 0 Å². The molecule has 0 aromatic heterocycles. The Morgan fingerprint density at radius 2 is 1.85 bits per heavy atom. The lowest BCUT2D eigenvalue weighted by molar-refractivity contribution is -0.118.